The van der Waals surface area contributed by atoms with Gasteiger partial charge in [0.15, 0.2) is 5.96 Å². The van der Waals surface area contributed by atoms with E-state index < -0.39 is 0 Å². The fraction of sp³-hybridized carbons (Fsp3) is 0.941. The molecular formula is C17H33N5. The van der Waals surface area contributed by atoms with Gasteiger partial charge < -0.3 is 15.5 Å². The molecule has 0 atom stereocenters. The average molecular weight is 307 g/mol. The lowest BCUT2D eigenvalue weighted by Gasteiger charge is -2.49. The van der Waals surface area contributed by atoms with Crippen molar-refractivity contribution in [1.82, 2.24) is 14.7 Å². The van der Waals surface area contributed by atoms with Gasteiger partial charge in [0.2, 0.25) is 0 Å². The Hall–Kier alpha value is -0.810. The maximum atomic E-state index is 6.24. The minimum atomic E-state index is 0.252. The maximum absolute atomic E-state index is 6.24. The number of hydrogen-bond acceptors (Lipinski definition) is 3. The van der Waals surface area contributed by atoms with Crippen LogP contribution in [-0.4, -0.2) is 79.1 Å². The Kier molecular flexibility index (Phi) is 4.93. The molecule has 3 aliphatic rings. The first-order valence-electron chi connectivity index (χ1n) is 9.07. The van der Waals surface area contributed by atoms with Gasteiger partial charge in [0.1, 0.15) is 0 Å². The molecule has 0 aromatic carbocycles. The van der Waals surface area contributed by atoms with E-state index in [1.807, 2.05) is 0 Å². The second kappa shape index (κ2) is 6.75. The molecule has 126 valence electrons. The summed E-state index contributed by atoms with van der Waals surface area (Å²) in [6, 6.07) is 0.646. The Morgan fingerprint density at radius 2 is 1.77 bits per heavy atom. The average Bonchev–Trinajstić information content (AvgIpc) is 3.39. The molecule has 5 heteroatoms. The van der Waals surface area contributed by atoms with Crippen LogP contribution in [-0.2, 0) is 0 Å². The van der Waals surface area contributed by atoms with Gasteiger partial charge in [0, 0.05) is 18.6 Å². The fourth-order valence-corrected chi connectivity index (χ4v) is 3.97. The zero-order chi connectivity index (χ0) is 15.6. The lowest BCUT2D eigenvalue weighted by atomic mass is 9.84. The smallest absolute Gasteiger partial charge is 0.191 e. The van der Waals surface area contributed by atoms with Gasteiger partial charge in [-0.1, -0.05) is 6.42 Å². The molecule has 0 spiro atoms. The second-order valence-corrected chi connectivity index (χ2v) is 7.59. The first kappa shape index (κ1) is 16.1. The number of guanidine groups is 1. The summed E-state index contributed by atoms with van der Waals surface area (Å²) in [6.07, 6.45) is 9.09. The molecule has 22 heavy (non-hydrogen) atoms. The monoisotopic (exact) mass is 307 g/mol. The fourth-order valence-electron chi connectivity index (χ4n) is 3.97. The highest BCUT2D eigenvalue weighted by Crippen LogP contribution is 2.32. The number of hydrogen-bond donors (Lipinski definition) is 1. The molecule has 2 saturated heterocycles. The molecule has 2 aliphatic heterocycles. The minimum absolute atomic E-state index is 0.252. The number of aliphatic imine (C=N–C) groups is 1. The van der Waals surface area contributed by atoms with Gasteiger partial charge in [-0.2, -0.15) is 0 Å². The van der Waals surface area contributed by atoms with Crippen LogP contribution >= 0.6 is 0 Å². The highest BCUT2D eigenvalue weighted by atomic mass is 15.3. The molecule has 5 nitrogen and oxygen atoms in total. The van der Waals surface area contributed by atoms with Crippen molar-refractivity contribution in [3.63, 3.8) is 0 Å². The van der Waals surface area contributed by atoms with Crippen LogP contribution in [0.15, 0.2) is 4.99 Å². The molecule has 2 heterocycles. The van der Waals surface area contributed by atoms with E-state index in [1.54, 1.807) is 0 Å². The third-order valence-electron chi connectivity index (χ3n) is 5.94. The summed E-state index contributed by atoms with van der Waals surface area (Å²) in [6.45, 7) is 5.74. The van der Waals surface area contributed by atoms with Gasteiger partial charge in [-0.3, -0.25) is 9.89 Å². The van der Waals surface area contributed by atoms with E-state index in [0.29, 0.717) is 6.04 Å². The van der Waals surface area contributed by atoms with Crippen LogP contribution < -0.4 is 5.73 Å². The van der Waals surface area contributed by atoms with Crippen LogP contribution in [0.4, 0.5) is 0 Å². The summed E-state index contributed by atoms with van der Waals surface area (Å²) >= 11 is 0. The van der Waals surface area contributed by atoms with E-state index in [4.69, 9.17) is 10.7 Å². The van der Waals surface area contributed by atoms with Crippen molar-refractivity contribution in [1.29, 1.82) is 0 Å². The second-order valence-electron chi connectivity index (χ2n) is 7.59. The summed E-state index contributed by atoms with van der Waals surface area (Å²) < 4.78 is 0. The Labute approximate surface area is 135 Å². The summed E-state index contributed by atoms with van der Waals surface area (Å²) in [5, 5.41) is 0. The van der Waals surface area contributed by atoms with Gasteiger partial charge in [0.05, 0.1) is 6.54 Å². The molecule has 1 saturated carbocycles. The quantitative estimate of drug-likeness (QED) is 0.629. The van der Waals surface area contributed by atoms with Crippen molar-refractivity contribution in [3.05, 3.63) is 0 Å². The van der Waals surface area contributed by atoms with E-state index in [2.05, 4.69) is 28.8 Å². The standard InChI is InChI=1S/C17H33N5/c1-20-12-8-17(9-13-20,22-10-4-3-5-11-22)14-19-16(18)21(2)15-6-7-15/h15H,3-14H2,1-2H3,(H2,18,19). The lowest BCUT2D eigenvalue weighted by Crippen LogP contribution is -2.58. The minimum Gasteiger partial charge on any atom is -0.370 e. The first-order valence-corrected chi connectivity index (χ1v) is 9.07. The highest BCUT2D eigenvalue weighted by Gasteiger charge is 2.39. The zero-order valence-corrected chi connectivity index (χ0v) is 14.4. The van der Waals surface area contributed by atoms with Crippen LogP contribution in [0, 0.1) is 0 Å². The van der Waals surface area contributed by atoms with Gasteiger partial charge in [-0.25, -0.2) is 0 Å². The summed E-state index contributed by atoms with van der Waals surface area (Å²) in [7, 11) is 4.33. The van der Waals surface area contributed by atoms with Crippen molar-refractivity contribution in [3.8, 4) is 0 Å². The van der Waals surface area contributed by atoms with Crippen molar-refractivity contribution < 1.29 is 0 Å². The van der Waals surface area contributed by atoms with Gasteiger partial charge >= 0.3 is 0 Å². The van der Waals surface area contributed by atoms with Crippen molar-refractivity contribution in [2.75, 3.05) is 46.8 Å². The number of piperidine rings is 2. The van der Waals surface area contributed by atoms with Crippen molar-refractivity contribution >= 4 is 5.96 Å². The number of likely N-dealkylation sites (tertiary alicyclic amines) is 2. The summed E-state index contributed by atoms with van der Waals surface area (Å²) in [5.74, 6) is 0.748. The summed E-state index contributed by atoms with van der Waals surface area (Å²) in [4.78, 5) is 12.2. The Morgan fingerprint density at radius 1 is 1.14 bits per heavy atom. The van der Waals surface area contributed by atoms with E-state index >= 15 is 0 Å². The van der Waals surface area contributed by atoms with E-state index in [9.17, 15) is 0 Å². The third-order valence-corrected chi connectivity index (χ3v) is 5.94. The van der Waals surface area contributed by atoms with E-state index in [1.165, 1.54) is 71.1 Å². The largest absolute Gasteiger partial charge is 0.370 e. The van der Waals surface area contributed by atoms with Crippen LogP contribution in [0.1, 0.15) is 44.9 Å². The molecule has 1 aliphatic carbocycles. The highest BCUT2D eigenvalue weighted by molar-refractivity contribution is 5.78. The predicted octanol–water partition coefficient (Wildman–Crippen LogP) is 1.35. The van der Waals surface area contributed by atoms with Crippen LogP contribution in [0.25, 0.3) is 0 Å². The molecular weight excluding hydrogens is 274 g/mol. The molecule has 0 amide bonds. The molecule has 3 rings (SSSR count). The number of nitrogens with two attached hydrogens (primary N) is 1. The normalized spacial score (nSPS) is 27.8. The van der Waals surface area contributed by atoms with E-state index in [-0.39, 0.29) is 5.54 Å². The van der Waals surface area contributed by atoms with Gasteiger partial charge in [-0.15, -0.1) is 0 Å². The third kappa shape index (κ3) is 3.57. The SMILES string of the molecule is CN1CCC(CN=C(N)N(C)C2CC2)(N2CCCCC2)CC1. The molecule has 0 aromatic heterocycles. The Balaban J connectivity index is 1.69. The molecule has 2 N–H and O–H groups in total. The molecule has 0 aromatic rings. The lowest BCUT2D eigenvalue weighted by molar-refractivity contribution is 0.0207. The van der Waals surface area contributed by atoms with E-state index in [0.717, 1.165) is 12.5 Å². The molecule has 0 bridgehead atoms. The van der Waals surface area contributed by atoms with Crippen LogP contribution in [0.3, 0.4) is 0 Å². The topological polar surface area (TPSA) is 48.1 Å². The molecule has 0 unspecified atom stereocenters. The van der Waals surface area contributed by atoms with Crippen molar-refractivity contribution in [2.24, 2.45) is 10.7 Å². The Bertz CT molecular complexity index is 390. The first-order chi connectivity index (χ1) is 10.6. The summed E-state index contributed by atoms with van der Waals surface area (Å²) in [5.41, 5.74) is 6.49. The Morgan fingerprint density at radius 3 is 2.36 bits per heavy atom. The number of rotatable bonds is 4. The molecule has 3 fully saturated rings. The maximum Gasteiger partial charge on any atom is 0.191 e. The van der Waals surface area contributed by atoms with Crippen molar-refractivity contribution in [2.45, 2.75) is 56.5 Å². The van der Waals surface area contributed by atoms with Crippen LogP contribution in [0.2, 0.25) is 0 Å². The number of nitrogens with zero attached hydrogens (tertiary/aromatic N) is 4. The van der Waals surface area contributed by atoms with Crippen LogP contribution in [0.5, 0.6) is 0 Å². The predicted molar refractivity (Wildman–Crippen MR) is 92.2 cm³/mol. The van der Waals surface area contributed by atoms with Gasteiger partial charge in [0.25, 0.3) is 0 Å². The molecule has 0 radical (unpaired) electrons. The van der Waals surface area contributed by atoms with Gasteiger partial charge in [-0.05, 0) is 71.8 Å². The zero-order valence-electron chi connectivity index (χ0n) is 14.4.